The maximum atomic E-state index is 12.4. The normalized spacial score (nSPS) is 26.2. The number of carbonyl (C=O) groups excluding carboxylic acids is 2. The molecule has 2 aliphatic heterocycles. The summed E-state index contributed by atoms with van der Waals surface area (Å²) in [4.78, 5) is 33.2. The first-order chi connectivity index (χ1) is 11.6. The molecule has 0 bridgehead atoms. The van der Waals surface area contributed by atoms with E-state index in [-0.39, 0.29) is 11.8 Å². The molecule has 1 saturated heterocycles. The Bertz CT molecular complexity index is 669. The standard InChI is InChI=1S/C17H21N3O3S/c21-15(9-13-5-2-8-24-13)20-7-6-17(11-20)10-14(19-23-17)16(22)18-12-3-1-4-12/h2,5,8,12H,1,3-4,6-7,9-11H2,(H,18,22)/t17-/m1/s1. The smallest absolute Gasteiger partial charge is 0.269 e. The number of likely N-dealkylation sites (tertiary alicyclic amines) is 1. The molecule has 0 radical (unpaired) electrons. The van der Waals surface area contributed by atoms with Gasteiger partial charge < -0.3 is 15.1 Å². The Labute approximate surface area is 144 Å². The van der Waals surface area contributed by atoms with Crippen LogP contribution >= 0.6 is 11.3 Å². The number of oxime groups is 1. The van der Waals surface area contributed by atoms with Crippen molar-refractivity contribution in [3.63, 3.8) is 0 Å². The highest BCUT2D eigenvalue weighted by molar-refractivity contribution is 7.10. The van der Waals surface area contributed by atoms with Crippen LogP contribution in [-0.2, 0) is 20.8 Å². The molecule has 1 spiro atoms. The molecule has 1 N–H and O–H groups in total. The van der Waals surface area contributed by atoms with E-state index in [0.29, 0.717) is 37.7 Å². The summed E-state index contributed by atoms with van der Waals surface area (Å²) >= 11 is 1.60. The summed E-state index contributed by atoms with van der Waals surface area (Å²) in [6.45, 7) is 1.18. The third-order valence-corrected chi connectivity index (χ3v) is 5.99. The first kappa shape index (κ1) is 15.6. The molecule has 24 heavy (non-hydrogen) atoms. The highest BCUT2D eigenvalue weighted by Crippen LogP contribution is 2.34. The highest BCUT2D eigenvalue weighted by atomic mass is 32.1. The van der Waals surface area contributed by atoms with Gasteiger partial charge in [0, 0.05) is 30.3 Å². The van der Waals surface area contributed by atoms with Crippen LogP contribution in [0, 0.1) is 0 Å². The van der Waals surface area contributed by atoms with Crippen molar-refractivity contribution in [2.75, 3.05) is 13.1 Å². The van der Waals surface area contributed by atoms with Gasteiger partial charge in [-0.15, -0.1) is 11.3 Å². The maximum absolute atomic E-state index is 12.4. The fourth-order valence-electron chi connectivity index (χ4n) is 3.42. The first-order valence-corrected chi connectivity index (χ1v) is 9.38. The molecule has 1 aromatic heterocycles. The number of carbonyl (C=O) groups is 2. The lowest BCUT2D eigenvalue weighted by molar-refractivity contribution is -0.130. The lowest BCUT2D eigenvalue weighted by Gasteiger charge is -2.26. The van der Waals surface area contributed by atoms with Crippen LogP contribution in [0.1, 0.15) is 37.0 Å². The zero-order valence-electron chi connectivity index (χ0n) is 13.5. The van der Waals surface area contributed by atoms with Gasteiger partial charge in [0.25, 0.3) is 5.91 Å². The summed E-state index contributed by atoms with van der Waals surface area (Å²) in [5, 5.41) is 9.00. The molecule has 1 saturated carbocycles. The Kier molecular flexibility index (Phi) is 4.04. The average Bonchev–Trinajstić information content (AvgIpc) is 3.25. The van der Waals surface area contributed by atoms with Crippen molar-refractivity contribution < 1.29 is 14.4 Å². The topological polar surface area (TPSA) is 71.0 Å². The zero-order valence-corrected chi connectivity index (χ0v) is 14.3. The van der Waals surface area contributed by atoms with Gasteiger partial charge >= 0.3 is 0 Å². The van der Waals surface area contributed by atoms with E-state index >= 15 is 0 Å². The van der Waals surface area contributed by atoms with Gasteiger partial charge in [0.15, 0.2) is 5.60 Å². The molecule has 7 heteroatoms. The maximum Gasteiger partial charge on any atom is 0.269 e. The van der Waals surface area contributed by atoms with Gasteiger partial charge in [0.2, 0.25) is 5.91 Å². The molecule has 3 aliphatic rings. The average molecular weight is 347 g/mol. The molecule has 1 atom stereocenters. The second-order valence-electron chi connectivity index (χ2n) is 6.91. The number of hydrogen-bond donors (Lipinski definition) is 1. The Hall–Kier alpha value is -1.89. The summed E-state index contributed by atoms with van der Waals surface area (Å²) in [6, 6.07) is 4.23. The zero-order chi connectivity index (χ0) is 16.6. The highest BCUT2D eigenvalue weighted by Gasteiger charge is 2.48. The Morgan fingerprint density at radius 2 is 2.33 bits per heavy atom. The molecule has 1 aliphatic carbocycles. The lowest BCUT2D eigenvalue weighted by atomic mass is 9.92. The third-order valence-electron chi connectivity index (χ3n) is 5.12. The van der Waals surface area contributed by atoms with Gasteiger partial charge in [-0.1, -0.05) is 11.2 Å². The van der Waals surface area contributed by atoms with Gasteiger partial charge in [-0.3, -0.25) is 9.59 Å². The molecule has 6 nitrogen and oxygen atoms in total. The molecule has 1 aromatic rings. The van der Waals surface area contributed by atoms with Crippen molar-refractivity contribution in [1.82, 2.24) is 10.2 Å². The summed E-state index contributed by atoms with van der Waals surface area (Å²) in [6.07, 6.45) is 4.94. The molecule has 0 aromatic carbocycles. The van der Waals surface area contributed by atoms with Crippen LogP contribution in [0.5, 0.6) is 0 Å². The van der Waals surface area contributed by atoms with Crippen molar-refractivity contribution in [1.29, 1.82) is 0 Å². The van der Waals surface area contributed by atoms with Crippen LogP contribution in [-0.4, -0.2) is 47.2 Å². The summed E-state index contributed by atoms with van der Waals surface area (Å²) in [5.74, 6) is 0.00484. The predicted molar refractivity (Wildman–Crippen MR) is 90.9 cm³/mol. The Balaban J connectivity index is 1.31. The summed E-state index contributed by atoms with van der Waals surface area (Å²) in [5.41, 5.74) is -0.0355. The molecule has 2 amide bonds. The molecular weight excluding hydrogens is 326 g/mol. The number of nitrogens with zero attached hydrogens (tertiary/aromatic N) is 2. The molecule has 4 rings (SSSR count). The number of rotatable bonds is 4. The van der Waals surface area contributed by atoms with Crippen molar-refractivity contribution in [3.8, 4) is 0 Å². The largest absolute Gasteiger partial charge is 0.386 e. The number of nitrogens with one attached hydrogen (secondary N) is 1. The van der Waals surface area contributed by atoms with Gasteiger partial charge in [-0.05, 0) is 30.7 Å². The lowest BCUT2D eigenvalue weighted by Crippen LogP contribution is -2.44. The molecule has 2 fully saturated rings. The molecule has 0 unspecified atom stereocenters. The van der Waals surface area contributed by atoms with E-state index in [1.165, 1.54) is 6.42 Å². The second kappa shape index (κ2) is 6.20. The summed E-state index contributed by atoms with van der Waals surface area (Å²) < 4.78 is 0. The summed E-state index contributed by atoms with van der Waals surface area (Å²) in [7, 11) is 0. The Morgan fingerprint density at radius 1 is 1.46 bits per heavy atom. The van der Waals surface area contributed by atoms with Crippen LogP contribution in [0.25, 0.3) is 0 Å². The van der Waals surface area contributed by atoms with E-state index in [2.05, 4.69) is 10.5 Å². The quantitative estimate of drug-likeness (QED) is 0.901. The van der Waals surface area contributed by atoms with E-state index in [4.69, 9.17) is 4.84 Å². The van der Waals surface area contributed by atoms with Crippen molar-refractivity contribution in [3.05, 3.63) is 22.4 Å². The van der Waals surface area contributed by atoms with Crippen LogP contribution in [0.3, 0.4) is 0 Å². The van der Waals surface area contributed by atoms with Crippen LogP contribution < -0.4 is 5.32 Å². The third kappa shape index (κ3) is 3.05. The molecular formula is C17H21N3O3S. The first-order valence-electron chi connectivity index (χ1n) is 8.50. The van der Waals surface area contributed by atoms with E-state index in [0.717, 1.165) is 24.1 Å². The van der Waals surface area contributed by atoms with Crippen LogP contribution in [0.4, 0.5) is 0 Å². The number of thiophene rings is 1. The minimum atomic E-state index is -0.503. The number of hydrogen-bond acceptors (Lipinski definition) is 5. The Morgan fingerprint density at radius 3 is 3.04 bits per heavy atom. The van der Waals surface area contributed by atoms with Crippen molar-refractivity contribution in [2.24, 2.45) is 5.16 Å². The van der Waals surface area contributed by atoms with Crippen LogP contribution in [0.15, 0.2) is 22.7 Å². The van der Waals surface area contributed by atoms with Gasteiger partial charge in [-0.2, -0.15) is 0 Å². The van der Waals surface area contributed by atoms with E-state index < -0.39 is 5.60 Å². The molecule has 128 valence electrons. The minimum Gasteiger partial charge on any atom is -0.386 e. The fraction of sp³-hybridized carbons (Fsp3) is 0.588. The van der Waals surface area contributed by atoms with Crippen molar-refractivity contribution >= 4 is 28.9 Å². The van der Waals surface area contributed by atoms with Crippen LogP contribution in [0.2, 0.25) is 0 Å². The minimum absolute atomic E-state index is 0.111. The SMILES string of the molecule is O=C(NC1CCC1)C1=NO[C@]2(CCN(C(=O)Cc3cccs3)C2)C1. The van der Waals surface area contributed by atoms with Gasteiger partial charge in [-0.25, -0.2) is 0 Å². The van der Waals surface area contributed by atoms with Gasteiger partial charge in [0.1, 0.15) is 5.71 Å². The second-order valence-corrected chi connectivity index (χ2v) is 7.94. The van der Waals surface area contributed by atoms with E-state index in [9.17, 15) is 9.59 Å². The van der Waals surface area contributed by atoms with Gasteiger partial charge in [0.05, 0.1) is 13.0 Å². The number of amides is 2. The predicted octanol–water partition coefficient (Wildman–Crippen LogP) is 1.71. The van der Waals surface area contributed by atoms with E-state index in [1.54, 1.807) is 11.3 Å². The fourth-order valence-corrected chi connectivity index (χ4v) is 4.11. The molecule has 3 heterocycles. The monoisotopic (exact) mass is 347 g/mol. The van der Waals surface area contributed by atoms with E-state index in [1.807, 2.05) is 22.4 Å². The van der Waals surface area contributed by atoms with Crippen molar-refractivity contribution in [2.45, 2.75) is 50.2 Å².